The third-order valence-corrected chi connectivity index (χ3v) is 3.34. The molecule has 4 nitrogen and oxygen atoms in total. The molecule has 0 radical (unpaired) electrons. The second-order valence-corrected chi connectivity index (χ2v) is 4.46. The number of rotatable bonds is 5. The predicted molar refractivity (Wildman–Crippen MR) is 69.0 cm³/mol. The Bertz CT molecular complexity index is 427. The summed E-state index contributed by atoms with van der Waals surface area (Å²) in [6, 6.07) is 5.26. The molecule has 98 valence electrons. The predicted octanol–water partition coefficient (Wildman–Crippen LogP) is 2.58. The highest BCUT2D eigenvalue weighted by Gasteiger charge is 2.16. The topological polar surface area (TPSA) is 47.6 Å². The van der Waals surface area contributed by atoms with E-state index in [1.807, 2.05) is 0 Å². The van der Waals surface area contributed by atoms with E-state index in [0.29, 0.717) is 23.0 Å². The van der Waals surface area contributed by atoms with Crippen molar-refractivity contribution in [1.29, 1.82) is 0 Å². The standard InChI is InChI=1S/C14H19NO3/c1-3-10(4-2)8-15-14(16)11-5-6-12-13(7-11)18-9-17-12/h5-7,10H,3-4,8-9H2,1-2H3,(H,15,16). The van der Waals surface area contributed by atoms with Crippen LogP contribution in [0.2, 0.25) is 0 Å². The summed E-state index contributed by atoms with van der Waals surface area (Å²) in [7, 11) is 0. The van der Waals surface area contributed by atoms with E-state index in [0.717, 1.165) is 19.4 Å². The molecule has 1 aromatic carbocycles. The molecule has 4 heteroatoms. The zero-order chi connectivity index (χ0) is 13.0. The number of carbonyl (C=O) groups excluding carboxylic acids is 1. The Balaban J connectivity index is 1.97. The van der Waals surface area contributed by atoms with Gasteiger partial charge in [-0.3, -0.25) is 4.79 Å². The number of amides is 1. The van der Waals surface area contributed by atoms with Crippen LogP contribution in [0.5, 0.6) is 11.5 Å². The third-order valence-electron chi connectivity index (χ3n) is 3.34. The zero-order valence-electron chi connectivity index (χ0n) is 10.9. The fraction of sp³-hybridized carbons (Fsp3) is 0.500. The van der Waals surface area contributed by atoms with Gasteiger partial charge in [0.25, 0.3) is 5.91 Å². The largest absolute Gasteiger partial charge is 0.454 e. The van der Waals surface area contributed by atoms with Crippen molar-refractivity contribution in [2.45, 2.75) is 26.7 Å². The van der Waals surface area contributed by atoms with Gasteiger partial charge in [0.1, 0.15) is 0 Å². The zero-order valence-corrected chi connectivity index (χ0v) is 10.9. The van der Waals surface area contributed by atoms with Crippen LogP contribution < -0.4 is 14.8 Å². The van der Waals surface area contributed by atoms with Gasteiger partial charge in [-0.25, -0.2) is 0 Å². The Labute approximate surface area is 107 Å². The van der Waals surface area contributed by atoms with Crippen LogP contribution >= 0.6 is 0 Å². The van der Waals surface area contributed by atoms with Gasteiger partial charge in [-0.1, -0.05) is 26.7 Å². The smallest absolute Gasteiger partial charge is 0.251 e. The van der Waals surface area contributed by atoms with Crippen molar-refractivity contribution < 1.29 is 14.3 Å². The fourth-order valence-electron chi connectivity index (χ4n) is 1.95. The van der Waals surface area contributed by atoms with Gasteiger partial charge >= 0.3 is 0 Å². The van der Waals surface area contributed by atoms with Crippen LogP contribution in [0.1, 0.15) is 37.0 Å². The van der Waals surface area contributed by atoms with E-state index in [1.165, 1.54) is 0 Å². The van der Waals surface area contributed by atoms with Crippen molar-refractivity contribution in [1.82, 2.24) is 5.32 Å². The van der Waals surface area contributed by atoms with Crippen LogP contribution in [0.4, 0.5) is 0 Å². The second-order valence-electron chi connectivity index (χ2n) is 4.46. The van der Waals surface area contributed by atoms with Gasteiger partial charge < -0.3 is 14.8 Å². The van der Waals surface area contributed by atoms with Gasteiger partial charge in [-0.05, 0) is 24.1 Å². The molecule has 1 aliphatic rings. The Morgan fingerprint density at radius 1 is 1.28 bits per heavy atom. The van der Waals surface area contributed by atoms with E-state index in [2.05, 4.69) is 19.2 Å². The molecule has 0 aliphatic carbocycles. The Morgan fingerprint density at radius 2 is 2.00 bits per heavy atom. The van der Waals surface area contributed by atoms with E-state index in [1.54, 1.807) is 18.2 Å². The number of nitrogens with one attached hydrogen (secondary N) is 1. The van der Waals surface area contributed by atoms with Gasteiger partial charge in [0.2, 0.25) is 6.79 Å². The summed E-state index contributed by atoms with van der Waals surface area (Å²) in [6.45, 7) is 5.23. The molecule has 2 rings (SSSR count). The maximum Gasteiger partial charge on any atom is 0.251 e. The maximum atomic E-state index is 12.0. The number of hydrogen-bond acceptors (Lipinski definition) is 3. The summed E-state index contributed by atoms with van der Waals surface area (Å²) in [4.78, 5) is 12.0. The maximum absolute atomic E-state index is 12.0. The molecule has 0 unspecified atom stereocenters. The lowest BCUT2D eigenvalue weighted by atomic mass is 10.0. The average molecular weight is 249 g/mol. The summed E-state index contributed by atoms with van der Waals surface area (Å²) in [5.41, 5.74) is 0.616. The van der Waals surface area contributed by atoms with Crippen molar-refractivity contribution in [3.05, 3.63) is 23.8 Å². The SMILES string of the molecule is CCC(CC)CNC(=O)c1ccc2c(c1)OCO2. The van der Waals surface area contributed by atoms with Gasteiger partial charge in [-0.2, -0.15) is 0 Å². The van der Waals surface area contributed by atoms with Crippen molar-refractivity contribution in [2.75, 3.05) is 13.3 Å². The van der Waals surface area contributed by atoms with E-state index in [9.17, 15) is 4.79 Å². The number of ether oxygens (including phenoxy) is 2. The van der Waals surface area contributed by atoms with E-state index in [-0.39, 0.29) is 12.7 Å². The molecule has 0 saturated carbocycles. The lowest BCUT2D eigenvalue weighted by Crippen LogP contribution is -2.28. The highest BCUT2D eigenvalue weighted by atomic mass is 16.7. The molecule has 0 spiro atoms. The van der Waals surface area contributed by atoms with E-state index >= 15 is 0 Å². The minimum absolute atomic E-state index is 0.0554. The quantitative estimate of drug-likeness (QED) is 0.872. The third kappa shape index (κ3) is 2.75. The molecule has 18 heavy (non-hydrogen) atoms. The monoisotopic (exact) mass is 249 g/mol. The molecule has 1 N–H and O–H groups in total. The fourth-order valence-corrected chi connectivity index (χ4v) is 1.95. The lowest BCUT2D eigenvalue weighted by molar-refractivity contribution is 0.0946. The molecular formula is C14H19NO3. The Kier molecular flexibility index (Phi) is 4.07. The van der Waals surface area contributed by atoms with E-state index in [4.69, 9.17) is 9.47 Å². The number of carbonyl (C=O) groups is 1. The normalized spacial score (nSPS) is 12.8. The lowest BCUT2D eigenvalue weighted by Gasteiger charge is -2.13. The molecule has 0 aromatic heterocycles. The first-order valence-corrected chi connectivity index (χ1v) is 6.42. The van der Waals surface area contributed by atoms with Crippen LogP contribution in [-0.4, -0.2) is 19.2 Å². The summed E-state index contributed by atoms with van der Waals surface area (Å²) in [5.74, 6) is 1.83. The molecule has 0 fully saturated rings. The average Bonchev–Trinajstić information content (AvgIpc) is 2.86. The van der Waals surface area contributed by atoms with Crippen molar-refractivity contribution in [3.8, 4) is 11.5 Å². The molecule has 1 heterocycles. The molecule has 0 atom stereocenters. The second kappa shape index (κ2) is 5.76. The number of fused-ring (bicyclic) bond motifs is 1. The highest BCUT2D eigenvalue weighted by Crippen LogP contribution is 2.32. The summed E-state index contributed by atoms with van der Waals surface area (Å²) < 4.78 is 10.5. The van der Waals surface area contributed by atoms with Gasteiger partial charge in [0, 0.05) is 12.1 Å². The first-order chi connectivity index (χ1) is 8.74. The van der Waals surface area contributed by atoms with Crippen LogP contribution in [0.25, 0.3) is 0 Å². The summed E-state index contributed by atoms with van der Waals surface area (Å²) >= 11 is 0. The Morgan fingerprint density at radius 3 is 2.72 bits per heavy atom. The molecular weight excluding hydrogens is 230 g/mol. The van der Waals surface area contributed by atoms with Crippen LogP contribution in [-0.2, 0) is 0 Å². The number of hydrogen-bond donors (Lipinski definition) is 1. The Hall–Kier alpha value is -1.71. The van der Waals surface area contributed by atoms with Crippen molar-refractivity contribution >= 4 is 5.91 Å². The molecule has 0 saturated heterocycles. The van der Waals surface area contributed by atoms with Crippen molar-refractivity contribution in [3.63, 3.8) is 0 Å². The number of benzene rings is 1. The van der Waals surface area contributed by atoms with Crippen LogP contribution in [0.3, 0.4) is 0 Å². The first-order valence-electron chi connectivity index (χ1n) is 6.42. The van der Waals surface area contributed by atoms with Gasteiger partial charge in [-0.15, -0.1) is 0 Å². The van der Waals surface area contributed by atoms with Crippen LogP contribution in [0.15, 0.2) is 18.2 Å². The van der Waals surface area contributed by atoms with Crippen LogP contribution in [0, 0.1) is 5.92 Å². The van der Waals surface area contributed by atoms with Gasteiger partial charge in [0.15, 0.2) is 11.5 Å². The molecule has 1 aromatic rings. The first kappa shape index (κ1) is 12.7. The summed E-state index contributed by atoms with van der Waals surface area (Å²) in [6.07, 6.45) is 2.16. The minimum atomic E-state index is -0.0554. The van der Waals surface area contributed by atoms with Crippen molar-refractivity contribution in [2.24, 2.45) is 5.92 Å². The highest BCUT2D eigenvalue weighted by molar-refractivity contribution is 5.94. The molecule has 1 aliphatic heterocycles. The molecule has 0 bridgehead atoms. The van der Waals surface area contributed by atoms with E-state index < -0.39 is 0 Å². The summed E-state index contributed by atoms with van der Waals surface area (Å²) in [5, 5.41) is 2.96. The molecule has 1 amide bonds. The minimum Gasteiger partial charge on any atom is -0.454 e. The van der Waals surface area contributed by atoms with Gasteiger partial charge in [0.05, 0.1) is 0 Å².